The molecule has 0 radical (unpaired) electrons. The van der Waals surface area contributed by atoms with Crippen molar-refractivity contribution in [3.05, 3.63) is 57.2 Å². The van der Waals surface area contributed by atoms with E-state index in [2.05, 4.69) is 5.32 Å². The third-order valence-electron chi connectivity index (χ3n) is 4.04. The van der Waals surface area contributed by atoms with E-state index < -0.39 is 17.4 Å². The molecule has 0 spiro atoms. The smallest absolute Gasteiger partial charge is 0.334 e. The first-order valence-corrected chi connectivity index (χ1v) is 9.15. The van der Waals surface area contributed by atoms with E-state index in [0.29, 0.717) is 15.5 Å². The number of nitrogens with zero attached hydrogens (tertiary/aromatic N) is 1. The van der Waals surface area contributed by atoms with Gasteiger partial charge >= 0.3 is 5.97 Å². The first kappa shape index (κ1) is 19.9. The summed E-state index contributed by atoms with van der Waals surface area (Å²) in [4.78, 5) is 38.4. The second kappa shape index (κ2) is 8.33. The molecule has 1 unspecified atom stereocenters. The van der Waals surface area contributed by atoms with E-state index in [1.54, 1.807) is 48.7 Å². The van der Waals surface area contributed by atoms with Gasteiger partial charge in [-0.25, -0.2) is 4.79 Å². The van der Waals surface area contributed by atoms with Crippen LogP contribution in [0.25, 0.3) is 0 Å². The summed E-state index contributed by atoms with van der Waals surface area (Å²) in [5.41, 5.74) is -1.17. The lowest BCUT2D eigenvalue weighted by molar-refractivity contribution is -0.148. The fourth-order valence-electron chi connectivity index (χ4n) is 2.58. The Hall–Kier alpha value is -2.38. The summed E-state index contributed by atoms with van der Waals surface area (Å²) in [6, 6.07) is 9.70. The summed E-state index contributed by atoms with van der Waals surface area (Å²) in [7, 11) is 1.50. The fourth-order valence-corrected chi connectivity index (χ4v) is 3.42. The van der Waals surface area contributed by atoms with Crippen LogP contribution in [0.15, 0.2) is 41.8 Å². The van der Waals surface area contributed by atoms with Crippen LogP contribution in [-0.2, 0) is 15.1 Å². The molecule has 8 heteroatoms. The Morgan fingerprint density at radius 2 is 1.88 bits per heavy atom. The lowest BCUT2D eigenvalue weighted by Crippen LogP contribution is -2.54. The van der Waals surface area contributed by atoms with Crippen molar-refractivity contribution >= 4 is 40.7 Å². The molecule has 26 heavy (non-hydrogen) atoms. The minimum absolute atomic E-state index is 0.137. The standard InChI is InChI=1S/C18H19ClN2O4S/c1-3-18(17(24)25,12-6-8-13(19)9-7-12)20-15(22)11-21(2)16(23)14-5-4-10-26-14/h4-10H,3,11H2,1-2H3,(H,20,22)(H,24,25). The fraction of sp³-hybridized carbons (Fsp3) is 0.278. The molecule has 1 aromatic heterocycles. The van der Waals surface area contributed by atoms with Gasteiger partial charge < -0.3 is 15.3 Å². The van der Waals surface area contributed by atoms with Crippen LogP contribution >= 0.6 is 22.9 Å². The summed E-state index contributed by atoms with van der Waals surface area (Å²) >= 11 is 7.14. The van der Waals surface area contributed by atoms with Gasteiger partial charge in [0.1, 0.15) is 0 Å². The molecule has 1 heterocycles. The van der Waals surface area contributed by atoms with Gasteiger partial charge in [-0.3, -0.25) is 9.59 Å². The number of hydrogen-bond donors (Lipinski definition) is 2. The van der Waals surface area contributed by atoms with Crippen molar-refractivity contribution in [1.29, 1.82) is 0 Å². The Labute approximate surface area is 160 Å². The van der Waals surface area contributed by atoms with Crippen molar-refractivity contribution in [3.63, 3.8) is 0 Å². The van der Waals surface area contributed by atoms with Crippen molar-refractivity contribution in [2.75, 3.05) is 13.6 Å². The van der Waals surface area contributed by atoms with E-state index in [0.717, 1.165) is 0 Å². The van der Waals surface area contributed by atoms with Gasteiger partial charge in [-0.15, -0.1) is 11.3 Å². The number of thiophene rings is 1. The number of nitrogens with one attached hydrogen (secondary N) is 1. The summed E-state index contributed by atoms with van der Waals surface area (Å²) in [6.45, 7) is 1.42. The van der Waals surface area contributed by atoms with Crippen LogP contribution in [0, 0.1) is 0 Å². The SMILES string of the molecule is CCC(NC(=O)CN(C)C(=O)c1cccs1)(C(=O)O)c1ccc(Cl)cc1. The van der Waals surface area contributed by atoms with Crippen LogP contribution in [0.4, 0.5) is 0 Å². The Morgan fingerprint density at radius 3 is 2.38 bits per heavy atom. The number of carboxylic acids is 1. The normalized spacial score (nSPS) is 12.9. The zero-order valence-electron chi connectivity index (χ0n) is 14.4. The third kappa shape index (κ3) is 4.23. The largest absolute Gasteiger partial charge is 0.479 e. The minimum atomic E-state index is -1.59. The van der Waals surface area contributed by atoms with E-state index in [-0.39, 0.29) is 18.9 Å². The molecule has 1 atom stereocenters. The van der Waals surface area contributed by atoms with Crippen molar-refractivity contribution in [2.45, 2.75) is 18.9 Å². The minimum Gasteiger partial charge on any atom is -0.479 e. The van der Waals surface area contributed by atoms with Crippen molar-refractivity contribution in [3.8, 4) is 0 Å². The van der Waals surface area contributed by atoms with Crippen LogP contribution in [0.2, 0.25) is 5.02 Å². The molecule has 0 bridgehead atoms. The van der Waals surface area contributed by atoms with Crippen LogP contribution in [0.3, 0.4) is 0 Å². The highest BCUT2D eigenvalue weighted by atomic mass is 35.5. The first-order chi connectivity index (χ1) is 12.3. The number of amides is 2. The Balaban J connectivity index is 2.17. The first-order valence-electron chi connectivity index (χ1n) is 7.89. The maximum atomic E-state index is 12.5. The molecule has 138 valence electrons. The van der Waals surface area contributed by atoms with E-state index >= 15 is 0 Å². The molecule has 6 nitrogen and oxygen atoms in total. The number of hydrogen-bond acceptors (Lipinski definition) is 4. The highest BCUT2D eigenvalue weighted by molar-refractivity contribution is 7.12. The number of carbonyl (C=O) groups is 3. The zero-order valence-corrected chi connectivity index (χ0v) is 15.9. The number of aliphatic carboxylic acids is 1. The monoisotopic (exact) mass is 394 g/mol. The molecule has 0 saturated carbocycles. The van der Waals surface area contributed by atoms with Gasteiger partial charge in [0.05, 0.1) is 11.4 Å². The molecule has 0 aliphatic rings. The molecule has 2 N–H and O–H groups in total. The lowest BCUT2D eigenvalue weighted by Gasteiger charge is -2.31. The van der Waals surface area contributed by atoms with E-state index in [4.69, 9.17) is 11.6 Å². The average molecular weight is 395 g/mol. The van der Waals surface area contributed by atoms with Gasteiger partial charge in [0.15, 0.2) is 5.54 Å². The van der Waals surface area contributed by atoms with Crippen molar-refractivity contribution < 1.29 is 19.5 Å². The zero-order chi connectivity index (χ0) is 19.3. The summed E-state index contributed by atoms with van der Waals surface area (Å²) in [5.74, 6) is -2.03. The van der Waals surface area contributed by atoms with Gasteiger partial charge in [-0.2, -0.15) is 0 Å². The van der Waals surface area contributed by atoms with Crippen LogP contribution in [0.5, 0.6) is 0 Å². The van der Waals surface area contributed by atoms with Gasteiger partial charge in [-0.1, -0.05) is 36.7 Å². The number of carboxylic acid groups (broad SMARTS) is 1. The molecule has 1 aromatic carbocycles. The maximum absolute atomic E-state index is 12.5. The predicted molar refractivity (Wildman–Crippen MR) is 100 cm³/mol. The number of rotatable bonds is 7. The van der Waals surface area contributed by atoms with Crippen LogP contribution < -0.4 is 5.32 Å². The number of likely N-dealkylation sites (N-methyl/N-ethyl adjacent to an activating group) is 1. The molecule has 0 aliphatic heterocycles. The van der Waals surface area contributed by atoms with E-state index in [9.17, 15) is 19.5 Å². The molecule has 2 amide bonds. The Kier molecular flexibility index (Phi) is 6.39. The molecular formula is C18H19ClN2O4S. The second-order valence-corrected chi connectivity index (χ2v) is 7.14. The molecule has 0 aliphatic carbocycles. The van der Waals surface area contributed by atoms with Gasteiger partial charge in [0.2, 0.25) is 5.91 Å². The molecule has 0 fully saturated rings. The summed E-state index contributed by atoms with van der Waals surface area (Å²) < 4.78 is 0. The number of benzene rings is 1. The highest BCUT2D eigenvalue weighted by Crippen LogP contribution is 2.27. The predicted octanol–water partition coefficient (Wildman–Crippen LogP) is 2.98. The molecule has 2 aromatic rings. The number of carbonyl (C=O) groups excluding carboxylic acids is 2. The third-order valence-corrected chi connectivity index (χ3v) is 5.15. The quantitative estimate of drug-likeness (QED) is 0.755. The topological polar surface area (TPSA) is 86.7 Å². The Morgan fingerprint density at radius 1 is 1.23 bits per heavy atom. The van der Waals surface area contributed by atoms with Crippen molar-refractivity contribution in [1.82, 2.24) is 10.2 Å². The number of halogens is 1. The molecule has 0 saturated heterocycles. The molecular weight excluding hydrogens is 376 g/mol. The summed E-state index contributed by atoms with van der Waals surface area (Å²) in [6.07, 6.45) is 0.137. The van der Waals surface area contributed by atoms with Gasteiger partial charge in [0, 0.05) is 12.1 Å². The van der Waals surface area contributed by atoms with Crippen LogP contribution in [0.1, 0.15) is 28.6 Å². The maximum Gasteiger partial charge on any atom is 0.334 e. The highest BCUT2D eigenvalue weighted by Gasteiger charge is 2.40. The van der Waals surface area contributed by atoms with Crippen LogP contribution in [-0.4, -0.2) is 41.4 Å². The summed E-state index contributed by atoms with van der Waals surface area (Å²) in [5, 5.41) is 14.6. The van der Waals surface area contributed by atoms with Crippen molar-refractivity contribution in [2.24, 2.45) is 0 Å². The van der Waals surface area contributed by atoms with E-state index in [1.165, 1.54) is 23.3 Å². The van der Waals surface area contributed by atoms with Gasteiger partial charge in [-0.05, 0) is 35.6 Å². The molecule has 2 rings (SSSR count). The average Bonchev–Trinajstić information content (AvgIpc) is 3.14. The lowest BCUT2D eigenvalue weighted by atomic mass is 9.87. The Bertz CT molecular complexity index is 792. The van der Waals surface area contributed by atoms with E-state index in [1.807, 2.05) is 0 Å². The van der Waals surface area contributed by atoms with Gasteiger partial charge in [0.25, 0.3) is 5.91 Å². The second-order valence-electron chi connectivity index (χ2n) is 5.76.